The summed E-state index contributed by atoms with van der Waals surface area (Å²) in [6, 6.07) is 12.7. The summed E-state index contributed by atoms with van der Waals surface area (Å²) in [4.78, 5) is 41.3. The predicted octanol–water partition coefficient (Wildman–Crippen LogP) is 1.73. The number of urea groups is 1. The minimum atomic E-state index is -1.25. The van der Waals surface area contributed by atoms with Crippen molar-refractivity contribution < 1.29 is 23.9 Å². The molecule has 0 unspecified atom stereocenters. The molecular formula is C22H27N3O5. The highest BCUT2D eigenvalue weighted by atomic mass is 16.5. The average Bonchev–Trinajstić information content (AvgIpc) is 2.97. The highest BCUT2D eigenvalue weighted by Crippen LogP contribution is 2.33. The summed E-state index contributed by atoms with van der Waals surface area (Å²) < 4.78 is 10.1. The van der Waals surface area contributed by atoms with Gasteiger partial charge in [-0.3, -0.25) is 14.5 Å². The van der Waals surface area contributed by atoms with Gasteiger partial charge in [0.2, 0.25) is 5.91 Å². The van der Waals surface area contributed by atoms with Gasteiger partial charge in [0, 0.05) is 27.3 Å². The first-order valence-corrected chi connectivity index (χ1v) is 9.80. The number of methoxy groups -OCH3 is 2. The summed E-state index contributed by atoms with van der Waals surface area (Å²) in [6.45, 7) is 2.74. The van der Waals surface area contributed by atoms with Gasteiger partial charge in [0.15, 0.2) is 0 Å². The van der Waals surface area contributed by atoms with Crippen LogP contribution < -0.4 is 5.32 Å². The van der Waals surface area contributed by atoms with Gasteiger partial charge in [0.05, 0.1) is 13.2 Å². The van der Waals surface area contributed by atoms with E-state index in [1.165, 1.54) is 4.90 Å². The van der Waals surface area contributed by atoms with E-state index in [4.69, 9.17) is 9.47 Å². The van der Waals surface area contributed by atoms with Crippen LogP contribution in [0.1, 0.15) is 12.5 Å². The number of amides is 4. The Balaban J connectivity index is 1.84. The highest BCUT2D eigenvalue weighted by Gasteiger charge is 2.50. The molecule has 1 aliphatic heterocycles. The van der Waals surface area contributed by atoms with E-state index in [0.717, 1.165) is 15.7 Å². The fraction of sp³-hybridized carbons (Fsp3) is 0.409. The lowest BCUT2D eigenvalue weighted by molar-refractivity contribution is -0.139. The second-order valence-electron chi connectivity index (χ2n) is 7.34. The monoisotopic (exact) mass is 413 g/mol. The Bertz CT molecular complexity index is 934. The third-order valence-corrected chi connectivity index (χ3v) is 5.38. The first kappa shape index (κ1) is 21.7. The van der Waals surface area contributed by atoms with E-state index in [-0.39, 0.29) is 12.5 Å². The molecule has 0 bridgehead atoms. The van der Waals surface area contributed by atoms with E-state index < -0.39 is 17.5 Å². The molecule has 1 aliphatic rings. The van der Waals surface area contributed by atoms with Crippen LogP contribution in [0.15, 0.2) is 42.5 Å². The number of nitrogens with zero attached hydrogens (tertiary/aromatic N) is 2. The van der Waals surface area contributed by atoms with Crippen LogP contribution in [0, 0.1) is 0 Å². The molecule has 30 heavy (non-hydrogen) atoms. The first-order valence-electron chi connectivity index (χ1n) is 9.80. The van der Waals surface area contributed by atoms with Crippen LogP contribution in [0.25, 0.3) is 10.8 Å². The standard InChI is InChI=1S/C22H27N3O5/c1-22(18-10-6-8-16-7-4-5-9-17(16)18)20(27)25(21(28)23-22)15-19(26)24(11-13-29-2)12-14-30-3/h4-10H,11-15H2,1-3H3,(H,23,28)/t22-/m1/s1. The number of hydrogen-bond acceptors (Lipinski definition) is 5. The third kappa shape index (κ3) is 4.15. The summed E-state index contributed by atoms with van der Waals surface area (Å²) in [7, 11) is 3.10. The van der Waals surface area contributed by atoms with Crippen molar-refractivity contribution in [1.29, 1.82) is 0 Å². The number of fused-ring (bicyclic) bond motifs is 1. The number of carbonyl (C=O) groups is 3. The van der Waals surface area contributed by atoms with Crippen LogP contribution in [0.4, 0.5) is 4.79 Å². The zero-order valence-electron chi connectivity index (χ0n) is 17.5. The van der Waals surface area contributed by atoms with Crippen molar-refractivity contribution in [2.75, 3.05) is 47.1 Å². The van der Waals surface area contributed by atoms with E-state index in [0.29, 0.717) is 31.9 Å². The van der Waals surface area contributed by atoms with Crippen LogP contribution >= 0.6 is 0 Å². The Morgan fingerprint density at radius 2 is 1.67 bits per heavy atom. The summed E-state index contributed by atoms with van der Waals surface area (Å²) >= 11 is 0. The zero-order valence-corrected chi connectivity index (χ0v) is 17.5. The molecule has 0 saturated carbocycles. The smallest absolute Gasteiger partial charge is 0.325 e. The number of hydrogen-bond donors (Lipinski definition) is 1. The van der Waals surface area contributed by atoms with Gasteiger partial charge in [0.1, 0.15) is 12.1 Å². The minimum absolute atomic E-state index is 0.335. The Labute approximate surface area is 175 Å². The van der Waals surface area contributed by atoms with Crippen LogP contribution in [0.2, 0.25) is 0 Å². The van der Waals surface area contributed by atoms with Gasteiger partial charge in [0.25, 0.3) is 5.91 Å². The maximum Gasteiger partial charge on any atom is 0.325 e. The Morgan fingerprint density at radius 3 is 2.33 bits per heavy atom. The zero-order chi connectivity index (χ0) is 21.7. The minimum Gasteiger partial charge on any atom is -0.383 e. The molecule has 8 heteroatoms. The van der Waals surface area contributed by atoms with Crippen molar-refractivity contribution in [3.63, 3.8) is 0 Å². The van der Waals surface area contributed by atoms with Crippen LogP contribution in [0.5, 0.6) is 0 Å². The number of ether oxygens (including phenoxy) is 2. The Kier molecular flexibility index (Phi) is 6.69. The highest BCUT2D eigenvalue weighted by molar-refractivity contribution is 6.10. The molecule has 8 nitrogen and oxygen atoms in total. The molecule has 0 aromatic heterocycles. The van der Waals surface area contributed by atoms with Crippen LogP contribution in [0.3, 0.4) is 0 Å². The van der Waals surface area contributed by atoms with Gasteiger partial charge in [-0.15, -0.1) is 0 Å². The molecule has 1 atom stereocenters. The summed E-state index contributed by atoms with van der Waals surface area (Å²) in [5.41, 5.74) is -0.549. The third-order valence-electron chi connectivity index (χ3n) is 5.38. The maximum absolute atomic E-state index is 13.3. The molecule has 0 aliphatic carbocycles. The van der Waals surface area contributed by atoms with Gasteiger partial charge in [-0.05, 0) is 23.3 Å². The molecular weight excluding hydrogens is 386 g/mol. The average molecular weight is 413 g/mol. The number of benzene rings is 2. The molecule has 1 N–H and O–H groups in total. The van der Waals surface area contributed by atoms with Gasteiger partial charge < -0.3 is 19.7 Å². The quantitative estimate of drug-likeness (QED) is 0.633. The fourth-order valence-corrected chi connectivity index (χ4v) is 3.68. The van der Waals surface area contributed by atoms with Crippen molar-refractivity contribution in [2.24, 2.45) is 0 Å². The second kappa shape index (κ2) is 9.23. The van der Waals surface area contributed by atoms with Crippen molar-refractivity contribution in [1.82, 2.24) is 15.1 Å². The number of nitrogens with one attached hydrogen (secondary N) is 1. The molecule has 1 fully saturated rings. The van der Waals surface area contributed by atoms with Gasteiger partial charge in [-0.1, -0.05) is 42.5 Å². The van der Waals surface area contributed by atoms with E-state index in [2.05, 4.69) is 5.32 Å². The van der Waals surface area contributed by atoms with Gasteiger partial charge in [-0.25, -0.2) is 4.79 Å². The lowest BCUT2D eigenvalue weighted by Crippen LogP contribution is -2.46. The lowest BCUT2D eigenvalue weighted by atomic mass is 9.88. The van der Waals surface area contributed by atoms with Gasteiger partial charge >= 0.3 is 6.03 Å². The largest absolute Gasteiger partial charge is 0.383 e. The number of carbonyl (C=O) groups excluding carboxylic acids is 3. The van der Waals surface area contributed by atoms with E-state index in [1.807, 2.05) is 42.5 Å². The molecule has 160 valence electrons. The first-order chi connectivity index (χ1) is 14.4. The topological polar surface area (TPSA) is 88.2 Å². The predicted molar refractivity (Wildman–Crippen MR) is 112 cm³/mol. The molecule has 0 spiro atoms. The fourth-order valence-electron chi connectivity index (χ4n) is 3.68. The lowest BCUT2D eigenvalue weighted by Gasteiger charge is -2.26. The molecule has 3 rings (SSSR count). The maximum atomic E-state index is 13.3. The normalized spacial score (nSPS) is 18.7. The van der Waals surface area contributed by atoms with Crippen molar-refractivity contribution in [3.05, 3.63) is 48.0 Å². The van der Waals surface area contributed by atoms with Crippen molar-refractivity contribution in [2.45, 2.75) is 12.5 Å². The molecule has 1 saturated heterocycles. The second-order valence-corrected chi connectivity index (χ2v) is 7.34. The SMILES string of the molecule is COCCN(CCOC)C(=O)CN1C(=O)N[C@](C)(c2cccc3ccccc23)C1=O. The molecule has 2 aromatic carbocycles. The summed E-state index contributed by atoms with van der Waals surface area (Å²) in [5, 5.41) is 4.64. The van der Waals surface area contributed by atoms with Crippen molar-refractivity contribution >= 4 is 28.6 Å². The van der Waals surface area contributed by atoms with Gasteiger partial charge in [-0.2, -0.15) is 0 Å². The van der Waals surface area contributed by atoms with Crippen LogP contribution in [-0.4, -0.2) is 74.7 Å². The van der Waals surface area contributed by atoms with Crippen LogP contribution in [-0.2, 0) is 24.6 Å². The van der Waals surface area contributed by atoms with E-state index in [9.17, 15) is 14.4 Å². The van der Waals surface area contributed by atoms with E-state index >= 15 is 0 Å². The molecule has 4 amide bonds. The van der Waals surface area contributed by atoms with Crippen molar-refractivity contribution in [3.8, 4) is 0 Å². The number of imide groups is 1. The Morgan fingerprint density at radius 1 is 1.03 bits per heavy atom. The number of rotatable bonds is 9. The summed E-state index contributed by atoms with van der Waals surface area (Å²) in [6.07, 6.45) is 0. The van der Waals surface area contributed by atoms with E-state index in [1.54, 1.807) is 21.1 Å². The molecule has 2 aromatic rings. The molecule has 1 heterocycles. The Hall–Kier alpha value is -2.97. The summed E-state index contributed by atoms with van der Waals surface area (Å²) in [5.74, 6) is -0.787. The molecule has 0 radical (unpaired) electrons.